The lowest BCUT2D eigenvalue weighted by Gasteiger charge is -2.17. The maximum absolute atomic E-state index is 9.37. The predicted octanol–water partition coefficient (Wildman–Crippen LogP) is 2.59. The molecule has 0 bridgehead atoms. The molecule has 84 valence electrons. The molecule has 1 aliphatic heterocycles. The number of anilines is 1. The van der Waals surface area contributed by atoms with E-state index in [-0.39, 0.29) is 6.10 Å². The lowest BCUT2D eigenvalue weighted by Crippen LogP contribution is -2.20. The van der Waals surface area contributed by atoms with Gasteiger partial charge in [0, 0.05) is 18.8 Å². The van der Waals surface area contributed by atoms with E-state index in [1.54, 1.807) is 0 Å². The quantitative estimate of drug-likeness (QED) is 0.765. The van der Waals surface area contributed by atoms with E-state index in [2.05, 4.69) is 36.1 Å². The van der Waals surface area contributed by atoms with E-state index in [0.717, 1.165) is 19.5 Å². The molecule has 2 rings (SSSR count). The number of aliphatic hydroxyl groups is 1. The monoisotopic (exact) mass is 207 g/mol. The molecule has 0 aliphatic carbocycles. The van der Waals surface area contributed by atoms with Crippen molar-refractivity contribution in [1.82, 2.24) is 0 Å². The molecule has 1 fully saturated rings. The summed E-state index contributed by atoms with van der Waals surface area (Å²) < 4.78 is 0. The van der Waals surface area contributed by atoms with Gasteiger partial charge in [-0.1, -0.05) is 31.5 Å². The van der Waals surface area contributed by atoms with E-state index >= 15 is 0 Å². The number of aliphatic hydroxyl groups excluding tert-OH is 1. The minimum absolute atomic E-state index is 0.138. The first-order valence-electron chi connectivity index (χ1n) is 5.75. The summed E-state index contributed by atoms with van der Waals surface area (Å²) in [6.07, 6.45) is 0.759. The second kappa shape index (κ2) is 5.76. The van der Waals surface area contributed by atoms with Gasteiger partial charge in [-0.05, 0) is 25.5 Å². The third-order valence-electron chi connectivity index (χ3n) is 2.56. The molecule has 1 aliphatic rings. The van der Waals surface area contributed by atoms with Crippen molar-refractivity contribution in [3.8, 4) is 0 Å². The third-order valence-corrected chi connectivity index (χ3v) is 2.56. The van der Waals surface area contributed by atoms with Crippen LogP contribution in [0.1, 0.15) is 25.8 Å². The van der Waals surface area contributed by atoms with Crippen LogP contribution in [-0.4, -0.2) is 24.3 Å². The van der Waals surface area contributed by atoms with Crippen LogP contribution < -0.4 is 4.90 Å². The Labute approximate surface area is 92.5 Å². The molecule has 1 N–H and O–H groups in total. The van der Waals surface area contributed by atoms with Crippen molar-refractivity contribution in [3.63, 3.8) is 0 Å². The van der Waals surface area contributed by atoms with E-state index in [1.807, 2.05) is 13.8 Å². The number of benzene rings is 1. The fourth-order valence-electron chi connectivity index (χ4n) is 1.73. The van der Waals surface area contributed by atoms with Crippen LogP contribution in [0.25, 0.3) is 0 Å². The third kappa shape index (κ3) is 3.24. The van der Waals surface area contributed by atoms with Gasteiger partial charge >= 0.3 is 0 Å². The van der Waals surface area contributed by atoms with Gasteiger partial charge in [0.2, 0.25) is 0 Å². The number of hydrogen-bond donors (Lipinski definition) is 1. The van der Waals surface area contributed by atoms with E-state index in [4.69, 9.17) is 0 Å². The van der Waals surface area contributed by atoms with Gasteiger partial charge < -0.3 is 10.0 Å². The maximum Gasteiger partial charge on any atom is 0.0731 e. The first-order chi connectivity index (χ1) is 7.25. The lowest BCUT2D eigenvalue weighted by molar-refractivity contribution is 0.198. The van der Waals surface area contributed by atoms with Crippen LogP contribution >= 0.6 is 0 Å². The molecular formula is C13H21NO. The van der Waals surface area contributed by atoms with Crippen LogP contribution in [-0.2, 0) is 0 Å². The highest BCUT2D eigenvalue weighted by Gasteiger charge is 2.19. The van der Waals surface area contributed by atoms with Crippen molar-refractivity contribution in [2.24, 2.45) is 0 Å². The summed E-state index contributed by atoms with van der Waals surface area (Å²) in [6, 6.07) is 8.46. The summed E-state index contributed by atoms with van der Waals surface area (Å²) in [7, 11) is 0. The largest absolute Gasteiger partial charge is 0.391 e. The van der Waals surface area contributed by atoms with E-state index in [0.29, 0.717) is 0 Å². The van der Waals surface area contributed by atoms with Gasteiger partial charge in [0.15, 0.2) is 0 Å². The average Bonchev–Trinajstić information content (AvgIpc) is 2.69. The summed E-state index contributed by atoms with van der Waals surface area (Å²) >= 11 is 0. The molecule has 0 radical (unpaired) electrons. The average molecular weight is 207 g/mol. The Balaban J connectivity index is 0.000000531. The molecule has 2 nitrogen and oxygen atoms in total. The number of rotatable bonds is 1. The molecule has 0 saturated carbocycles. The highest BCUT2D eigenvalue weighted by atomic mass is 16.3. The normalized spacial score (nSPS) is 19.7. The molecule has 0 spiro atoms. The Morgan fingerprint density at radius 1 is 1.20 bits per heavy atom. The van der Waals surface area contributed by atoms with Gasteiger partial charge in [0.1, 0.15) is 0 Å². The van der Waals surface area contributed by atoms with Crippen molar-refractivity contribution in [2.75, 3.05) is 18.0 Å². The van der Waals surface area contributed by atoms with E-state index < -0.39 is 0 Å². The van der Waals surface area contributed by atoms with Gasteiger partial charge in [-0.2, -0.15) is 0 Å². The highest BCUT2D eigenvalue weighted by molar-refractivity contribution is 5.48. The Morgan fingerprint density at radius 3 is 2.27 bits per heavy atom. The van der Waals surface area contributed by atoms with Crippen LogP contribution in [0.15, 0.2) is 24.3 Å². The second-order valence-corrected chi connectivity index (χ2v) is 3.72. The van der Waals surface area contributed by atoms with E-state index in [1.165, 1.54) is 11.3 Å². The van der Waals surface area contributed by atoms with Crippen LogP contribution in [0.4, 0.5) is 5.69 Å². The van der Waals surface area contributed by atoms with Crippen molar-refractivity contribution >= 4 is 5.69 Å². The van der Waals surface area contributed by atoms with Crippen molar-refractivity contribution in [1.29, 1.82) is 0 Å². The van der Waals surface area contributed by atoms with Crippen LogP contribution in [0.5, 0.6) is 0 Å². The number of aryl methyl sites for hydroxylation is 1. The van der Waals surface area contributed by atoms with Gasteiger partial charge in [-0.15, -0.1) is 0 Å². The lowest BCUT2D eigenvalue weighted by atomic mass is 10.2. The standard InChI is InChI=1S/C11H15NO.C2H6/c1-9-2-4-10(5-3-9)12-7-6-11(13)8-12;1-2/h2-5,11,13H,6-8H2,1H3;1-2H3. The molecule has 1 heterocycles. The predicted molar refractivity (Wildman–Crippen MR) is 65.4 cm³/mol. The first-order valence-corrected chi connectivity index (χ1v) is 5.75. The van der Waals surface area contributed by atoms with Crippen molar-refractivity contribution < 1.29 is 5.11 Å². The zero-order valence-corrected chi connectivity index (χ0v) is 9.90. The summed E-state index contributed by atoms with van der Waals surface area (Å²) in [5.74, 6) is 0. The second-order valence-electron chi connectivity index (χ2n) is 3.72. The molecule has 1 aromatic rings. The Kier molecular flexibility index (Phi) is 4.63. The number of β-amino-alcohol motifs (C(OH)–C–C–N with tert-alkyl or cyclic N) is 1. The SMILES string of the molecule is CC.Cc1ccc(N2CCC(O)C2)cc1. The molecular weight excluding hydrogens is 186 g/mol. The van der Waals surface area contributed by atoms with Crippen molar-refractivity contribution in [2.45, 2.75) is 33.3 Å². The van der Waals surface area contributed by atoms with Crippen LogP contribution in [0, 0.1) is 6.92 Å². The Hall–Kier alpha value is -1.02. The van der Waals surface area contributed by atoms with Gasteiger partial charge in [-0.25, -0.2) is 0 Å². The molecule has 1 atom stereocenters. The zero-order valence-electron chi connectivity index (χ0n) is 9.90. The Bertz CT molecular complexity index is 281. The van der Waals surface area contributed by atoms with Crippen LogP contribution in [0.3, 0.4) is 0 Å². The molecule has 0 aromatic heterocycles. The van der Waals surface area contributed by atoms with Gasteiger partial charge in [0.05, 0.1) is 6.10 Å². The van der Waals surface area contributed by atoms with Gasteiger partial charge in [-0.3, -0.25) is 0 Å². The minimum Gasteiger partial charge on any atom is -0.391 e. The molecule has 0 amide bonds. The van der Waals surface area contributed by atoms with Crippen molar-refractivity contribution in [3.05, 3.63) is 29.8 Å². The highest BCUT2D eigenvalue weighted by Crippen LogP contribution is 2.20. The maximum atomic E-state index is 9.37. The fraction of sp³-hybridized carbons (Fsp3) is 0.538. The molecule has 2 heteroatoms. The summed E-state index contributed by atoms with van der Waals surface area (Å²) in [5.41, 5.74) is 2.51. The summed E-state index contributed by atoms with van der Waals surface area (Å²) in [6.45, 7) is 7.84. The topological polar surface area (TPSA) is 23.5 Å². The molecule has 1 saturated heterocycles. The first kappa shape index (κ1) is 12.1. The smallest absolute Gasteiger partial charge is 0.0731 e. The molecule has 15 heavy (non-hydrogen) atoms. The minimum atomic E-state index is -0.138. The fourth-order valence-corrected chi connectivity index (χ4v) is 1.73. The summed E-state index contributed by atoms with van der Waals surface area (Å²) in [5, 5.41) is 9.37. The number of nitrogens with zero attached hydrogens (tertiary/aromatic N) is 1. The molecule has 1 aromatic carbocycles. The summed E-state index contributed by atoms with van der Waals surface area (Å²) in [4.78, 5) is 2.23. The van der Waals surface area contributed by atoms with E-state index in [9.17, 15) is 5.11 Å². The number of hydrogen-bond acceptors (Lipinski definition) is 2. The van der Waals surface area contributed by atoms with Gasteiger partial charge in [0.25, 0.3) is 0 Å². The molecule has 1 unspecified atom stereocenters. The van der Waals surface area contributed by atoms with Crippen LogP contribution in [0.2, 0.25) is 0 Å². The zero-order chi connectivity index (χ0) is 11.3. The Morgan fingerprint density at radius 2 is 1.80 bits per heavy atom.